The van der Waals surface area contributed by atoms with E-state index in [4.69, 9.17) is 19.3 Å². The number of carboxylic acid groups (broad SMARTS) is 1. The predicted molar refractivity (Wildman–Crippen MR) is 176 cm³/mol. The summed E-state index contributed by atoms with van der Waals surface area (Å²) in [6.07, 6.45) is 4.57. The number of amides is 1. The van der Waals surface area contributed by atoms with Crippen molar-refractivity contribution >= 4 is 11.9 Å². The number of aliphatic carboxylic acids is 1. The summed E-state index contributed by atoms with van der Waals surface area (Å²) in [7, 11) is 0. The largest absolute Gasteiger partial charge is 0.480 e. The van der Waals surface area contributed by atoms with Crippen molar-refractivity contribution < 1.29 is 47.2 Å². The molecule has 6 aliphatic carbocycles. The van der Waals surface area contributed by atoms with E-state index in [0.717, 1.165) is 57.8 Å². The minimum Gasteiger partial charge on any atom is -0.480 e. The highest BCUT2D eigenvalue weighted by molar-refractivity contribution is 5.77. The number of hydrogen-bond donors (Lipinski definition) is 3. The number of hydrogen-bond acceptors (Lipinski definition) is 7. The SMILES string of the molecule is CC1(C)[C@@H](OC2CN(C(=O)CC3CC3)CCO2)CCC23CC24CC[C@]2(C)C5CCC(CNC(C(=O)O)C(F)(F)F)OC5[C@H](O)[C@@]2(C)C4CC[C@@H]13. The molecule has 0 radical (unpaired) electrons. The Kier molecular flexibility index (Phi) is 8.36. The lowest BCUT2D eigenvalue weighted by atomic mass is 9.41. The minimum absolute atomic E-state index is 0.0391. The molecule has 8 aliphatic rings. The van der Waals surface area contributed by atoms with Crippen LogP contribution in [0.15, 0.2) is 0 Å². The first-order chi connectivity index (χ1) is 23.5. The second-order valence-electron chi connectivity index (χ2n) is 18.7. The van der Waals surface area contributed by atoms with Crippen LogP contribution in [0.25, 0.3) is 0 Å². The van der Waals surface area contributed by atoms with Crippen molar-refractivity contribution in [2.75, 3.05) is 26.2 Å². The number of rotatable bonds is 8. The molecule has 6 saturated carbocycles. The van der Waals surface area contributed by atoms with Crippen LogP contribution in [0.2, 0.25) is 0 Å². The maximum absolute atomic E-state index is 13.3. The average molecular weight is 711 g/mol. The van der Waals surface area contributed by atoms with Crippen molar-refractivity contribution in [2.24, 2.45) is 50.7 Å². The molecule has 0 aromatic carbocycles. The number of halogens is 3. The predicted octanol–water partition coefficient (Wildman–Crippen LogP) is 5.53. The number of carboxylic acids is 1. The van der Waals surface area contributed by atoms with Crippen LogP contribution < -0.4 is 5.32 Å². The quantitative estimate of drug-likeness (QED) is 0.301. The van der Waals surface area contributed by atoms with E-state index in [1.807, 2.05) is 4.90 Å². The molecule has 0 aromatic rings. The highest BCUT2D eigenvalue weighted by Crippen LogP contribution is 2.89. The van der Waals surface area contributed by atoms with E-state index in [-0.39, 0.29) is 46.1 Å². The number of aliphatic hydroxyl groups is 1. The first-order valence-electron chi connectivity index (χ1n) is 19.4. The van der Waals surface area contributed by atoms with E-state index in [1.165, 1.54) is 6.42 Å². The van der Waals surface area contributed by atoms with Crippen molar-refractivity contribution in [3.8, 4) is 0 Å². The van der Waals surface area contributed by atoms with Crippen molar-refractivity contribution in [1.29, 1.82) is 0 Å². The van der Waals surface area contributed by atoms with Crippen molar-refractivity contribution in [2.45, 2.75) is 148 Å². The zero-order valence-corrected chi connectivity index (χ0v) is 30.1. The monoisotopic (exact) mass is 710 g/mol. The van der Waals surface area contributed by atoms with Crippen LogP contribution in [0, 0.1) is 50.7 Å². The van der Waals surface area contributed by atoms with Gasteiger partial charge in [-0.1, -0.05) is 27.7 Å². The molecule has 50 heavy (non-hydrogen) atoms. The number of alkyl halides is 3. The van der Waals surface area contributed by atoms with Gasteiger partial charge < -0.3 is 29.3 Å². The number of nitrogens with one attached hydrogen (secondary N) is 1. The van der Waals surface area contributed by atoms with Gasteiger partial charge in [-0.2, -0.15) is 13.2 Å². The van der Waals surface area contributed by atoms with Gasteiger partial charge in [0.25, 0.3) is 0 Å². The fourth-order valence-corrected chi connectivity index (χ4v) is 13.6. The van der Waals surface area contributed by atoms with Gasteiger partial charge in [0, 0.05) is 24.9 Å². The van der Waals surface area contributed by atoms with Gasteiger partial charge in [-0.15, -0.1) is 0 Å². The van der Waals surface area contributed by atoms with Crippen molar-refractivity contribution in [3.05, 3.63) is 0 Å². The second kappa shape index (κ2) is 11.8. The molecule has 1 amide bonds. The van der Waals surface area contributed by atoms with Crippen LogP contribution in [-0.4, -0.2) is 96.2 Å². The van der Waals surface area contributed by atoms with E-state index in [0.29, 0.717) is 50.3 Å². The lowest BCUT2D eigenvalue weighted by Crippen LogP contribution is -2.60. The summed E-state index contributed by atoms with van der Waals surface area (Å²) in [4.78, 5) is 26.1. The highest BCUT2D eigenvalue weighted by Gasteiger charge is 2.84. The van der Waals surface area contributed by atoms with Gasteiger partial charge in [-0.3, -0.25) is 14.9 Å². The van der Waals surface area contributed by atoms with Gasteiger partial charge in [0.2, 0.25) is 11.9 Å². The van der Waals surface area contributed by atoms with Gasteiger partial charge in [-0.25, -0.2) is 0 Å². The maximum Gasteiger partial charge on any atom is 0.414 e. The molecule has 0 aromatic heterocycles. The lowest BCUT2D eigenvalue weighted by molar-refractivity contribution is -0.248. The average Bonchev–Trinajstić information content (AvgIpc) is 3.97. The molecular weight excluding hydrogens is 653 g/mol. The Morgan fingerprint density at radius 3 is 2.40 bits per heavy atom. The summed E-state index contributed by atoms with van der Waals surface area (Å²) in [5.74, 6) is -0.257. The minimum atomic E-state index is -4.90. The summed E-state index contributed by atoms with van der Waals surface area (Å²) in [6, 6.07) is -2.65. The third kappa shape index (κ3) is 5.10. The Bertz CT molecular complexity index is 1380. The molecule has 8 fully saturated rings. The second-order valence-corrected chi connectivity index (χ2v) is 18.7. The zero-order valence-electron chi connectivity index (χ0n) is 30.1. The fraction of sp³-hybridized carbons (Fsp3) is 0.947. The number of nitrogens with zero attached hydrogens (tertiary/aromatic N) is 1. The van der Waals surface area contributed by atoms with E-state index in [9.17, 15) is 27.9 Å². The summed E-state index contributed by atoms with van der Waals surface area (Å²) < 4.78 is 59.3. The number of ether oxygens (including phenoxy) is 3. The Morgan fingerprint density at radius 1 is 0.980 bits per heavy atom. The summed E-state index contributed by atoms with van der Waals surface area (Å²) in [5.41, 5.74) is -0.274. The van der Waals surface area contributed by atoms with E-state index in [2.05, 4.69) is 33.0 Å². The van der Waals surface area contributed by atoms with Crippen LogP contribution in [0.5, 0.6) is 0 Å². The van der Waals surface area contributed by atoms with Gasteiger partial charge in [-0.05, 0) is 116 Å². The number of aliphatic hydroxyl groups excluding tert-OH is 1. The Hall–Kier alpha value is -1.47. The number of carbonyl (C=O) groups is 2. The highest BCUT2D eigenvalue weighted by atomic mass is 19.4. The van der Waals surface area contributed by atoms with Crippen LogP contribution >= 0.6 is 0 Å². The molecule has 2 heterocycles. The van der Waals surface area contributed by atoms with Gasteiger partial charge in [0.05, 0.1) is 37.6 Å². The zero-order chi connectivity index (χ0) is 35.6. The van der Waals surface area contributed by atoms with Gasteiger partial charge >= 0.3 is 12.1 Å². The van der Waals surface area contributed by atoms with Crippen LogP contribution in [0.1, 0.15) is 105 Å². The smallest absolute Gasteiger partial charge is 0.414 e. The Balaban J connectivity index is 0.958. The summed E-state index contributed by atoms with van der Waals surface area (Å²) in [5, 5.41) is 23.6. The number of carbonyl (C=O) groups excluding carboxylic acids is 1. The number of fused-ring (bicyclic) bond motifs is 4. The molecule has 8 unspecified atom stereocenters. The molecule has 0 bridgehead atoms. The van der Waals surface area contributed by atoms with E-state index in [1.54, 1.807) is 0 Å². The fourth-order valence-electron chi connectivity index (χ4n) is 13.6. The lowest BCUT2D eigenvalue weighted by Gasteiger charge is -2.63. The van der Waals surface area contributed by atoms with Crippen molar-refractivity contribution in [3.63, 3.8) is 0 Å². The van der Waals surface area contributed by atoms with E-state index < -0.39 is 48.2 Å². The van der Waals surface area contributed by atoms with Crippen LogP contribution in [0.4, 0.5) is 13.2 Å². The molecule has 282 valence electrons. The first-order valence-corrected chi connectivity index (χ1v) is 19.4. The molecule has 13 atom stereocenters. The maximum atomic E-state index is 13.3. The number of morpholine rings is 1. The van der Waals surface area contributed by atoms with Crippen LogP contribution in [0.3, 0.4) is 0 Å². The molecule has 2 aliphatic heterocycles. The molecule has 3 N–H and O–H groups in total. The van der Waals surface area contributed by atoms with Gasteiger partial charge in [0.15, 0.2) is 6.29 Å². The molecule has 8 rings (SSSR count). The summed E-state index contributed by atoms with van der Waals surface area (Å²) >= 11 is 0. The normalized spacial score (nSPS) is 48.4. The van der Waals surface area contributed by atoms with Gasteiger partial charge in [0.1, 0.15) is 0 Å². The molecule has 2 spiro atoms. The third-order valence-corrected chi connectivity index (χ3v) is 16.5. The standard InChI is InChI=1S/C38H57F3N2O7/c1-33(2)24-9-10-25-35(4)31(45)29-23(8-7-22(49-29)18-42-30(32(46)47)38(39,40)41)34(35,3)13-14-37(25)20-36(24,37)12-11-26(33)50-28-19-43(15-16-48-28)27(44)17-21-5-6-21/h21-26,28-31,42,45H,5-20H2,1-4H3,(H,46,47)/t22?,23?,24-,25?,26-,28?,29?,30?,31-,34+,35+,36?,37?/m0/s1. The topological polar surface area (TPSA) is 118 Å². The van der Waals surface area contributed by atoms with Crippen molar-refractivity contribution in [1.82, 2.24) is 10.2 Å². The molecular formula is C38H57F3N2O7. The molecule has 12 heteroatoms. The van der Waals surface area contributed by atoms with E-state index >= 15 is 0 Å². The summed E-state index contributed by atoms with van der Waals surface area (Å²) in [6.45, 7) is 10.8. The third-order valence-electron chi connectivity index (χ3n) is 16.5. The van der Waals surface area contributed by atoms with Crippen LogP contribution in [-0.2, 0) is 23.8 Å². The molecule has 9 nitrogen and oxygen atoms in total. The Labute approximate surface area is 293 Å². The molecule has 2 saturated heterocycles. The Morgan fingerprint density at radius 2 is 1.70 bits per heavy atom. The first kappa shape index (κ1) is 35.6.